The van der Waals surface area contributed by atoms with E-state index < -0.39 is 0 Å². The van der Waals surface area contributed by atoms with Crippen molar-refractivity contribution in [2.75, 3.05) is 19.7 Å². The zero-order valence-electron chi connectivity index (χ0n) is 12.4. The number of rotatable bonds is 5. The molecular formula is C17H22N2OS. The number of nitrogens with two attached hydrogens (primary N) is 1. The monoisotopic (exact) mass is 302 g/mol. The van der Waals surface area contributed by atoms with Crippen LogP contribution < -0.4 is 10.5 Å². The Kier molecular flexibility index (Phi) is 4.58. The van der Waals surface area contributed by atoms with Crippen LogP contribution in [0.4, 0.5) is 0 Å². The van der Waals surface area contributed by atoms with Crippen molar-refractivity contribution in [2.45, 2.75) is 25.9 Å². The lowest BCUT2D eigenvalue weighted by molar-refractivity contribution is 0.184. The molecule has 112 valence electrons. The maximum absolute atomic E-state index is 6.08. The third-order valence-corrected chi connectivity index (χ3v) is 5.08. The van der Waals surface area contributed by atoms with Gasteiger partial charge in [-0.05, 0) is 48.1 Å². The molecule has 0 fully saturated rings. The normalized spacial score (nSPS) is 16.5. The number of fused-ring (bicyclic) bond motifs is 1. The standard InChI is InChI=1S/C17H22N2OS/c1-2-20-15-5-3-4-13(10-15)16(11-18)19-8-6-17-14(12-19)7-9-21-17/h3-5,7,9-10,16H,2,6,8,11-12,18H2,1H3. The average molecular weight is 302 g/mol. The Morgan fingerprint density at radius 2 is 2.29 bits per heavy atom. The Hall–Kier alpha value is -1.36. The molecule has 1 unspecified atom stereocenters. The molecule has 1 aliphatic rings. The van der Waals surface area contributed by atoms with E-state index in [-0.39, 0.29) is 6.04 Å². The van der Waals surface area contributed by atoms with Crippen LogP contribution in [-0.2, 0) is 13.0 Å². The van der Waals surface area contributed by atoms with Gasteiger partial charge in [0.25, 0.3) is 0 Å². The second-order valence-corrected chi connectivity index (χ2v) is 6.35. The lowest BCUT2D eigenvalue weighted by Crippen LogP contribution is -2.37. The summed E-state index contributed by atoms with van der Waals surface area (Å²) in [5.74, 6) is 0.932. The number of hydrogen-bond donors (Lipinski definition) is 1. The van der Waals surface area contributed by atoms with E-state index in [1.54, 1.807) is 0 Å². The fourth-order valence-electron chi connectivity index (χ4n) is 3.01. The molecule has 0 saturated heterocycles. The minimum Gasteiger partial charge on any atom is -0.494 e. The van der Waals surface area contributed by atoms with Gasteiger partial charge in [-0.2, -0.15) is 0 Å². The van der Waals surface area contributed by atoms with E-state index in [2.05, 4.69) is 34.5 Å². The number of thiophene rings is 1. The van der Waals surface area contributed by atoms with Gasteiger partial charge in [0.15, 0.2) is 0 Å². The van der Waals surface area contributed by atoms with Crippen molar-refractivity contribution in [2.24, 2.45) is 5.73 Å². The van der Waals surface area contributed by atoms with Crippen LogP contribution in [-0.4, -0.2) is 24.6 Å². The molecule has 0 spiro atoms. The molecule has 0 bridgehead atoms. The minimum absolute atomic E-state index is 0.262. The fraction of sp³-hybridized carbons (Fsp3) is 0.412. The highest BCUT2D eigenvalue weighted by Gasteiger charge is 2.24. The first kappa shape index (κ1) is 14.6. The summed E-state index contributed by atoms with van der Waals surface area (Å²) in [5, 5.41) is 2.20. The van der Waals surface area contributed by atoms with E-state index in [1.807, 2.05) is 24.3 Å². The van der Waals surface area contributed by atoms with Crippen molar-refractivity contribution >= 4 is 11.3 Å². The number of ether oxygens (including phenoxy) is 1. The molecule has 21 heavy (non-hydrogen) atoms. The van der Waals surface area contributed by atoms with Crippen molar-refractivity contribution < 1.29 is 4.74 Å². The smallest absolute Gasteiger partial charge is 0.119 e. The van der Waals surface area contributed by atoms with Crippen molar-refractivity contribution in [3.63, 3.8) is 0 Å². The third-order valence-electron chi connectivity index (χ3n) is 4.06. The van der Waals surface area contributed by atoms with Gasteiger partial charge in [-0.3, -0.25) is 4.90 Å². The number of hydrogen-bond acceptors (Lipinski definition) is 4. The molecule has 2 N–H and O–H groups in total. The summed E-state index contributed by atoms with van der Waals surface area (Å²) in [4.78, 5) is 4.02. The minimum atomic E-state index is 0.262. The molecule has 1 atom stereocenters. The molecule has 1 aromatic heterocycles. The maximum atomic E-state index is 6.08. The topological polar surface area (TPSA) is 38.5 Å². The molecule has 0 saturated carbocycles. The lowest BCUT2D eigenvalue weighted by atomic mass is 10.0. The Balaban J connectivity index is 1.80. The molecule has 3 nitrogen and oxygen atoms in total. The van der Waals surface area contributed by atoms with Crippen LogP contribution in [0.15, 0.2) is 35.7 Å². The van der Waals surface area contributed by atoms with Crippen LogP contribution in [0.25, 0.3) is 0 Å². The number of nitrogens with zero attached hydrogens (tertiary/aromatic N) is 1. The molecule has 0 amide bonds. The highest BCUT2D eigenvalue weighted by Crippen LogP contribution is 2.31. The maximum Gasteiger partial charge on any atom is 0.119 e. The molecule has 4 heteroatoms. The molecule has 0 radical (unpaired) electrons. The van der Waals surface area contributed by atoms with E-state index in [4.69, 9.17) is 10.5 Å². The molecule has 2 heterocycles. The van der Waals surface area contributed by atoms with E-state index in [1.165, 1.54) is 16.0 Å². The van der Waals surface area contributed by atoms with Crippen LogP contribution in [0, 0.1) is 0 Å². The zero-order chi connectivity index (χ0) is 14.7. The van der Waals surface area contributed by atoms with Gasteiger partial charge in [-0.1, -0.05) is 12.1 Å². The lowest BCUT2D eigenvalue weighted by Gasteiger charge is -2.34. The fourth-order valence-corrected chi connectivity index (χ4v) is 3.90. The predicted molar refractivity (Wildman–Crippen MR) is 87.8 cm³/mol. The summed E-state index contributed by atoms with van der Waals surface area (Å²) in [5.41, 5.74) is 8.79. The molecule has 2 aromatic rings. The Morgan fingerprint density at radius 3 is 3.10 bits per heavy atom. The summed E-state index contributed by atoms with van der Waals surface area (Å²) >= 11 is 1.87. The van der Waals surface area contributed by atoms with Gasteiger partial charge < -0.3 is 10.5 Å². The van der Waals surface area contributed by atoms with E-state index >= 15 is 0 Å². The third kappa shape index (κ3) is 3.12. The van der Waals surface area contributed by atoms with Crippen molar-refractivity contribution in [3.05, 3.63) is 51.7 Å². The molecular weight excluding hydrogens is 280 g/mol. The van der Waals surface area contributed by atoms with Crippen LogP contribution >= 0.6 is 11.3 Å². The molecule has 3 rings (SSSR count). The van der Waals surface area contributed by atoms with E-state index in [9.17, 15) is 0 Å². The Labute approximate surface area is 130 Å². The molecule has 0 aliphatic carbocycles. The molecule has 1 aromatic carbocycles. The average Bonchev–Trinajstić information content (AvgIpc) is 2.96. The van der Waals surface area contributed by atoms with Gasteiger partial charge in [0.05, 0.1) is 6.61 Å². The van der Waals surface area contributed by atoms with Gasteiger partial charge in [-0.25, -0.2) is 0 Å². The van der Waals surface area contributed by atoms with Gasteiger partial charge in [0.1, 0.15) is 5.75 Å². The zero-order valence-corrected chi connectivity index (χ0v) is 13.2. The summed E-state index contributed by atoms with van der Waals surface area (Å²) in [6.45, 7) is 5.41. The van der Waals surface area contributed by atoms with Gasteiger partial charge in [-0.15, -0.1) is 11.3 Å². The van der Waals surface area contributed by atoms with E-state index in [0.717, 1.165) is 25.3 Å². The Bertz CT molecular complexity index is 596. The SMILES string of the molecule is CCOc1cccc(C(CN)N2CCc3sccc3C2)c1. The Morgan fingerprint density at radius 1 is 1.38 bits per heavy atom. The summed E-state index contributed by atoms with van der Waals surface area (Å²) in [6, 6.07) is 10.9. The second kappa shape index (κ2) is 6.60. The highest BCUT2D eigenvalue weighted by atomic mass is 32.1. The first-order valence-electron chi connectivity index (χ1n) is 7.54. The van der Waals surface area contributed by atoms with Crippen molar-refractivity contribution in [1.29, 1.82) is 0 Å². The highest BCUT2D eigenvalue weighted by molar-refractivity contribution is 7.10. The van der Waals surface area contributed by atoms with Crippen LogP contribution in [0.2, 0.25) is 0 Å². The van der Waals surface area contributed by atoms with Crippen molar-refractivity contribution in [1.82, 2.24) is 4.90 Å². The van der Waals surface area contributed by atoms with Gasteiger partial charge in [0.2, 0.25) is 0 Å². The quantitative estimate of drug-likeness (QED) is 0.922. The van der Waals surface area contributed by atoms with Crippen LogP contribution in [0.3, 0.4) is 0 Å². The second-order valence-electron chi connectivity index (χ2n) is 5.35. The van der Waals surface area contributed by atoms with Gasteiger partial charge in [0, 0.05) is 30.6 Å². The molecule has 1 aliphatic heterocycles. The largest absolute Gasteiger partial charge is 0.494 e. The van der Waals surface area contributed by atoms with Crippen LogP contribution in [0.5, 0.6) is 5.75 Å². The van der Waals surface area contributed by atoms with E-state index in [0.29, 0.717) is 13.2 Å². The summed E-state index contributed by atoms with van der Waals surface area (Å²) in [6.07, 6.45) is 1.13. The number of benzene rings is 1. The first-order chi connectivity index (χ1) is 10.3. The van der Waals surface area contributed by atoms with Crippen molar-refractivity contribution in [3.8, 4) is 5.75 Å². The summed E-state index contributed by atoms with van der Waals surface area (Å²) < 4.78 is 5.61. The summed E-state index contributed by atoms with van der Waals surface area (Å²) in [7, 11) is 0. The predicted octanol–water partition coefficient (Wildman–Crippen LogP) is 3.20. The van der Waals surface area contributed by atoms with Crippen LogP contribution in [0.1, 0.15) is 29.0 Å². The van der Waals surface area contributed by atoms with Gasteiger partial charge >= 0.3 is 0 Å². The first-order valence-corrected chi connectivity index (χ1v) is 8.42.